The summed E-state index contributed by atoms with van der Waals surface area (Å²) in [6, 6.07) is 10.7. The van der Waals surface area contributed by atoms with E-state index in [1.54, 1.807) is 0 Å². The molecule has 0 saturated heterocycles. The number of benzene rings is 1. The fraction of sp³-hybridized carbons (Fsp3) is 0.500. The predicted molar refractivity (Wildman–Crippen MR) is 106 cm³/mol. The van der Waals surface area contributed by atoms with E-state index in [1.807, 2.05) is 24.5 Å². The standard InChI is InChI=1S/C20H28N4S/c1-15(16-9-4-3-5-10-16)23-20(21-2)22-14-8-13-19-24-17-11-6-7-12-18(17)25-19/h3-5,9-10,15H,6-8,11-14H2,1-2H3,(H2,21,22,23). The smallest absolute Gasteiger partial charge is 0.191 e. The molecule has 0 saturated carbocycles. The highest BCUT2D eigenvalue weighted by Gasteiger charge is 2.14. The fourth-order valence-electron chi connectivity index (χ4n) is 3.18. The lowest BCUT2D eigenvalue weighted by Gasteiger charge is -2.18. The summed E-state index contributed by atoms with van der Waals surface area (Å²) >= 11 is 1.92. The van der Waals surface area contributed by atoms with Crippen molar-refractivity contribution in [3.05, 3.63) is 51.5 Å². The summed E-state index contributed by atoms with van der Waals surface area (Å²) in [7, 11) is 1.82. The van der Waals surface area contributed by atoms with Crippen molar-refractivity contribution < 1.29 is 0 Å². The van der Waals surface area contributed by atoms with Crippen molar-refractivity contribution in [1.29, 1.82) is 0 Å². The first kappa shape index (κ1) is 17.9. The summed E-state index contributed by atoms with van der Waals surface area (Å²) in [5, 5.41) is 8.17. The summed E-state index contributed by atoms with van der Waals surface area (Å²) in [6.45, 7) is 3.06. The molecule has 0 aliphatic heterocycles. The summed E-state index contributed by atoms with van der Waals surface area (Å²) in [5.74, 6) is 0.856. The Kier molecular flexibility index (Phi) is 6.45. The van der Waals surface area contributed by atoms with Gasteiger partial charge >= 0.3 is 0 Å². The Morgan fingerprint density at radius 2 is 2.04 bits per heavy atom. The van der Waals surface area contributed by atoms with Crippen molar-refractivity contribution in [1.82, 2.24) is 15.6 Å². The number of hydrogen-bond donors (Lipinski definition) is 2. The van der Waals surface area contributed by atoms with Crippen molar-refractivity contribution in [3.8, 4) is 0 Å². The van der Waals surface area contributed by atoms with Gasteiger partial charge in [-0.15, -0.1) is 11.3 Å². The van der Waals surface area contributed by atoms with Crippen molar-refractivity contribution in [2.45, 2.75) is 51.5 Å². The quantitative estimate of drug-likeness (QED) is 0.469. The Hall–Kier alpha value is -1.88. The maximum absolute atomic E-state index is 4.82. The molecular weight excluding hydrogens is 328 g/mol. The number of aryl methyl sites for hydroxylation is 3. The summed E-state index contributed by atoms with van der Waals surface area (Å²) in [4.78, 5) is 10.7. The second-order valence-electron chi connectivity index (χ2n) is 6.56. The van der Waals surface area contributed by atoms with Crippen LogP contribution in [-0.2, 0) is 19.3 Å². The Balaban J connectivity index is 1.42. The lowest BCUT2D eigenvalue weighted by atomic mass is 10.0. The van der Waals surface area contributed by atoms with Gasteiger partial charge in [0.25, 0.3) is 0 Å². The number of guanidine groups is 1. The van der Waals surface area contributed by atoms with Crippen LogP contribution < -0.4 is 10.6 Å². The van der Waals surface area contributed by atoms with Crippen LogP contribution in [0.25, 0.3) is 0 Å². The minimum absolute atomic E-state index is 0.234. The molecule has 0 amide bonds. The van der Waals surface area contributed by atoms with E-state index in [4.69, 9.17) is 4.98 Å². The van der Waals surface area contributed by atoms with E-state index in [1.165, 1.54) is 46.8 Å². The van der Waals surface area contributed by atoms with Gasteiger partial charge < -0.3 is 10.6 Å². The highest BCUT2D eigenvalue weighted by atomic mass is 32.1. The van der Waals surface area contributed by atoms with Gasteiger partial charge in [0.05, 0.1) is 16.7 Å². The molecular formula is C20H28N4S. The number of aromatic nitrogens is 1. The molecule has 1 aromatic carbocycles. The van der Waals surface area contributed by atoms with E-state index in [0.717, 1.165) is 25.3 Å². The van der Waals surface area contributed by atoms with Crippen molar-refractivity contribution in [3.63, 3.8) is 0 Å². The highest BCUT2D eigenvalue weighted by molar-refractivity contribution is 7.11. The minimum Gasteiger partial charge on any atom is -0.356 e. The maximum Gasteiger partial charge on any atom is 0.191 e. The number of thiazole rings is 1. The van der Waals surface area contributed by atoms with Gasteiger partial charge in [-0.3, -0.25) is 4.99 Å². The molecule has 5 heteroatoms. The van der Waals surface area contributed by atoms with Gasteiger partial charge in [-0.05, 0) is 44.6 Å². The third kappa shape index (κ3) is 5.05. The molecule has 134 valence electrons. The van der Waals surface area contributed by atoms with E-state index < -0.39 is 0 Å². The van der Waals surface area contributed by atoms with Crippen LogP contribution in [0.15, 0.2) is 35.3 Å². The molecule has 3 rings (SSSR count). The Labute approximate surface area is 154 Å². The van der Waals surface area contributed by atoms with Gasteiger partial charge in [0.15, 0.2) is 5.96 Å². The molecule has 1 aliphatic carbocycles. The Morgan fingerprint density at radius 3 is 2.80 bits per heavy atom. The molecule has 25 heavy (non-hydrogen) atoms. The molecule has 1 unspecified atom stereocenters. The largest absolute Gasteiger partial charge is 0.356 e. The van der Waals surface area contributed by atoms with Crippen molar-refractivity contribution in [2.75, 3.05) is 13.6 Å². The minimum atomic E-state index is 0.234. The summed E-state index contributed by atoms with van der Waals surface area (Å²) in [5.41, 5.74) is 2.63. The number of nitrogens with zero attached hydrogens (tertiary/aromatic N) is 2. The van der Waals surface area contributed by atoms with E-state index in [9.17, 15) is 0 Å². The molecule has 1 aromatic heterocycles. The molecule has 2 N–H and O–H groups in total. The van der Waals surface area contributed by atoms with Gasteiger partial charge in [0.1, 0.15) is 0 Å². The number of nitrogens with one attached hydrogen (secondary N) is 2. The predicted octanol–water partition coefficient (Wildman–Crippen LogP) is 3.88. The number of hydrogen-bond acceptors (Lipinski definition) is 3. The molecule has 0 fully saturated rings. The van der Waals surface area contributed by atoms with Crippen LogP contribution in [0.3, 0.4) is 0 Å². The average molecular weight is 357 g/mol. The second kappa shape index (κ2) is 8.99. The molecule has 0 bridgehead atoms. The third-order valence-corrected chi connectivity index (χ3v) is 5.84. The van der Waals surface area contributed by atoms with Gasteiger partial charge in [-0.2, -0.15) is 0 Å². The first-order valence-corrected chi connectivity index (χ1v) is 10.1. The van der Waals surface area contributed by atoms with E-state index >= 15 is 0 Å². The lowest BCUT2D eigenvalue weighted by Crippen LogP contribution is -2.39. The topological polar surface area (TPSA) is 49.3 Å². The van der Waals surface area contributed by atoms with Crippen LogP contribution in [0, 0.1) is 0 Å². The van der Waals surface area contributed by atoms with Gasteiger partial charge in [0, 0.05) is 24.9 Å². The zero-order valence-electron chi connectivity index (χ0n) is 15.2. The SMILES string of the molecule is CN=C(NCCCc1nc2c(s1)CCCC2)NC(C)c1ccccc1. The van der Waals surface area contributed by atoms with Crippen molar-refractivity contribution >= 4 is 17.3 Å². The van der Waals surface area contributed by atoms with Crippen LogP contribution in [0.5, 0.6) is 0 Å². The zero-order valence-corrected chi connectivity index (χ0v) is 16.0. The highest BCUT2D eigenvalue weighted by Crippen LogP contribution is 2.27. The van der Waals surface area contributed by atoms with E-state index in [-0.39, 0.29) is 6.04 Å². The van der Waals surface area contributed by atoms with Crippen LogP contribution in [0.1, 0.15) is 53.4 Å². The van der Waals surface area contributed by atoms with E-state index in [0.29, 0.717) is 0 Å². The first-order chi connectivity index (χ1) is 12.3. The molecule has 2 aromatic rings. The van der Waals surface area contributed by atoms with Gasteiger partial charge in [-0.25, -0.2) is 4.98 Å². The van der Waals surface area contributed by atoms with E-state index in [2.05, 4.69) is 46.8 Å². The Bertz CT molecular complexity index is 669. The second-order valence-corrected chi connectivity index (χ2v) is 7.73. The van der Waals surface area contributed by atoms with Crippen LogP contribution in [-0.4, -0.2) is 24.5 Å². The van der Waals surface area contributed by atoms with Crippen LogP contribution in [0.2, 0.25) is 0 Å². The van der Waals surface area contributed by atoms with Crippen LogP contribution in [0.4, 0.5) is 0 Å². The Morgan fingerprint density at radius 1 is 1.24 bits per heavy atom. The number of fused-ring (bicyclic) bond motifs is 1. The maximum atomic E-state index is 4.82. The third-order valence-electron chi connectivity index (χ3n) is 4.63. The number of rotatable bonds is 6. The first-order valence-electron chi connectivity index (χ1n) is 9.26. The van der Waals surface area contributed by atoms with Gasteiger partial charge in [0.2, 0.25) is 0 Å². The molecule has 4 nitrogen and oxygen atoms in total. The lowest BCUT2D eigenvalue weighted by molar-refractivity contribution is 0.669. The zero-order chi connectivity index (χ0) is 17.5. The number of aliphatic imine (C=N–C) groups is 1. The van der Waals surface area contributed by atoms with Crippen LogP contribution >= 0.6 is 11.3 Å². The summed E-state index contributed by atoms with van der Waals surface area (Å²) in [6.07, 6.45) is 7.18. The molecule has 0 radical (unpaired) electrons. The fourth-order valence-corrected chi connectivity index (χ4v) is 4.38. The van der Waals surface area contributed by atoms with Gasteiger partial charge in [-0.1, -0.05) is 30.3 Å². The average Bonchev–Trinajstić information content (AvgIpc) is 3.07. The molecule has 1 atom stereocenters. The van der Waals surface area contributed by atoms with Crippen molar-refractivity contribution in [2.24, 2.45) is 4.99 Å². The monoisotopic (exact) mass is 356 g/mol. The summed E-state index contributed by atoms with van der Waals surface area (Å²) < 4.78 is 0. The normalized spacial score (nSPS) is 15.5. The molecule has 1 heterocycles. The molecule has 0 spiro atoms. The molecule has 1 aliphatic rings.